The van der Waals surface area contributed by atoms with E-state index in [-0.39, 0.29) is 18.1 Å². The van der Waals surface area contributed by atoms with Crippen molar-refractivity contribution in [1.29, 1.82) is 0 Å². The second-order valence-corrected chi connectivity index (χ2v) is 12.3. The summed E-state index contributed by atoms with van der Waals surface area (Å²) in [6, 6.07) is 6.52. The number of pyridine rings is 1. The summed E-state index contributed by atoms with van der Waals surface area (Å²) in [6.07, 6.45) is 9.22. The van der Waals surface area contributed by atoms with E-state index in [0.717, 1.165) is 56.2 Å². The van der Waals surface area contributed by atoms with E-state index in [9.17, 15) is 14.0 Å². The third kappa shape index (κ3) is 4.96. The van der Waals surface area contributed by atoms with Gasteiger partial charge in [0.15, 0.2) is 0 Å². The van der Waals surface area contributed by atoms with Gasteiger partial charge in [-0.1, -0.05) is 0 Å². The molecule has 2 saturated carbocycles. The molecular formula is C31H38FN5O3. The molecule has 9 heteroatoms. The van der Waals surface area contributed by atoms with Crippen LogP contribution < -0.4 is 5.73 Å². The molecule has 1 aromatic carbocycles. The maximum Gasteiger partial charge on any atom is 0.404 e. The van der Waals surface area contributed by atoms with Crippen LogP contribution in [0.3, 0.4) is 0 Å². The number of primary amides is 1. The molecule has 2 aromatic heterocycles. The lowest BCUT2D eigenvalue weighted by Crippen LogP contribution is -2.41. The summed E-state index contributed by atoms with van der Waals surface area (Å²) >= 11 is 0. The number of halogens is 1. The lowest BCUT2D eigenvalue weighted by Gasteiger charge is -2.36. The molecule has 2 unspecified atom stereocenters. The predicted molar refractivity (Wildman–Crippen MR) is 151 cm³/mol. The molecule has 2 aliphatic carbocycles. The van der Waals surface area contributed by atoms with Gasteiger partial charge in [0.05, 0.1) is 23.0 Å². The first-order valence-corrected chi connectivity index (χ1v) is 14.4. The number of benzene rings is 1. The first-order chi connectivity index (χ1) is 19.2. The van der Waals surface area contributed by atoms with Gasteiger partial charge < -0.3 is 24.8 Å². The van der Waals surface area contributed by atoms with Crippen LogP contribution in [0.25, 0.3) is 16.6 Å². The van der Waals surface area contributed by atoms with Gasteiger partial charge in [-0.05, 0) is 93.0 Å². The van der Waals surface area contributed by atoms with Crippen molar-refractivity contribution in [1.82, 2.24) is 19.4 Å². The van der Waals surface area contributed by atoms with Gasteiger partial charge >= 0.3 is 6.09 Å². The molecule has 3 aromatic rings. The minimum atomic E-state index is -0.674. The Morgan fingerprint density at radius 2 is 1.88 bits per heavy atom. The Kier molecular flexibility index (Phi) is 7.02. The molecule has 1 saturated heterocycles. The number of nitrogens with zero attached hydrogens (tertiary/aromatic N) is 4. The highest BCUT2D eigenvalue weighted by molar-refractivity contribution is 5.99. The van der Waals surface area contributed by atoms with Crippen LogP contribution >= 0.6 is 0 Å². The van der Waals surface area contributed by atoms with Gasteiger partial charge in [0, 0.05) is 50.5 Å². The lowest BCUT2D eigenvalue weighted by atomic mass is 9.82. The Hall–Kier alpha value is -3.46. The van der Waals surface area contributed by atoms with Gasteiger partial charge in [-0.15, -0.1) is 0 Å². The Morgan fingerprint density at radius 1 is 1.15 bits per heavy atom. The highest BCUT2D eigenvalue weighted by atomic mass is 19.1. The third-order valence-electron chi connectivity index (χ3n) is 9.44. The molecule has 3 heterocycles. The zero-order valence-corrected chi connectivity index (χ0v) is 23.4. The summed E-state index contributed by atoms with van der Waals surface area (Å²) < 4.78 is 21.5. The number of carbonyl (C=O) groups excluding carboxylic acids is 2. The molecule has 212 valence electrons. The number of fused-ring (bicyclic) bond motifs is 2. The van der Waals surface area contributed by atoms with E-state index in [1.165, 1.54) is 17.7 Å². The maximum absolute atomic E-state index is 14.4. The fourth-order valence-corrected chi connectivity index (χ4v) is 7.19. The van der Waals surface area contributed by atoms with Gasteiger partial charge in [0.25, 0.3) is 5.91 Å². The van der Waals surface area contributed by atoms with Crippen LogP contribution in [0.2, 0.25) is 0 Å². The Balaban J connectivity index is 1.21. The molecule has 6 rings (SSSR count). The highest BCUT2D eigenvalue weighted by Gasteiger charge is 2.43. The molecule has 2 N–H and O–H groups in total. The van der Waals surface area contributed by atoms with E-state index in [1.807, 2.05) is 30.8 Å². The maximum atomic E-state index is 14.4. The lowest BCUT2D eigenvalue weighted by molar-refractivity contribution is 0.0109. The van der Waals surface area contributed by atoms with Gasteiger partial charge in [0.1, 0.15) is 11.9 Å². The Morgan fingerprint density at radius 3 is 2.55 bits per heavy atom. The summed E-state index contributed by atoms with van der Waals surface area (Å²) in [5, 5.41) is 1.15. The minimum Gasteiger partial charge on any atom is -0.446 e. The van der Waals surface area contributed by atoms with Crippen molar-refractivity contribution in [3.05, 3.63) is 59.8 Å². The van der Waals surface area contributed by atoms with E-state index >= 15 is 0 Å². The van der Waals surface area contributed by atoms with Crippen LogP contribution in [-0.2, 0) is 4.74 Å². The zero-order valence-electron chi connectivity index (χ0n) is 23.4. The molecule has 3 aliphatic rings. The van der Waals surface area contributed by atoms with Crippen molar-refractivity contribution in [2.75, 3.05) is 26.7 Å². The van der Waals surface area contributed by atoms with E-state index in [1.54, 1.807) is 18.0 Å². The van der Waals surface area contributed by atoms with Crippen molar-refractivity contribution >= 4 is 22.9 Å². The highest BCUT2D eigenvalue weighted by Crippen LogP contribution is 2.49. The van der Waals surface area contributed by atoms with Crippen molar-refractivity contribution in [2.45, 2.75) is 57.6 Å². The summed E-state index contributed by atoms with van der Waals surface area (Å²) in [7, 11) is 1.75. The van der Waals surface area contributed by atoms with Crippen molar-refractivity contribution in [2.24, 2.45) is 23.5 Å². The van der Waals surface area contributed by atoms with Crippen LogP contribution in [0.15, 0.2) is 42.9 Å². The van der Waals surface area contributed by atoms with Gasteiger partial charge in [-0.2, -0.15) is 0 Å². The number of likely N-dealkylation sites (tertiary alicyclic amines) is 1. The molecule has 2 amide bonds. The van der Waals surface area contributed by atoms with Crippen LogP contribution in [0, 0.1) is 23.6 Å². The molecule has 8 nitrogen and oxygen atoms in total. The smallest absolute Gasteiger partial charge is 0.404 e. The van der Waals surface area contributed by atoms with Crippen molar-refractivity contribution in [3.63, 3.8) is 0 Å². The van der Waals surface area contributed by atoms with Gasteiger partial charge in [0.2, 0.25) is 0 Å². The fraction of sp³-hybridized carbons (Fsp3) is 0.516. The molecule has 3 fully saturated rings. The van der Waals surface area contributed by atoms with Crippen LogP contribution in [0.5, 0.6) is 0 Å². The first-order valence-electron chi connectivity index (χ1n) is 14.4. The van der Waals surface area contributed by atoms with Crippen molar-refractivity contribution in [3.8, 4) is 5.69 Å². The minimum absolute atomic E-state index is 0.00564. The molecule has 40 heavy (non-hydrogen) atoms. The van der Waals surface area contributed by atoms with E-state index in [4.69, 9.17) is 10.5 Å². The number of rotatable bonds is 7. The topological polar surface area (TPSA) is 93.7 Å². The van der Waals surface area contributed by atoms with Crippen LogP contribution in [0.1, 0.15) is 61.4 Å². The normalized spacial score (nSPS) is 26.2. The summed E-state index contributed by atoms with van der Waals surface area (Å²) in [4.78, 5) is 32.9. The number of hydrogen-bond donors (Lipinski definition) is 1. The second-order valence-electron chi connectivity index (χ2n) is 12.3. The van der Waals surface area contributed by atoms with Gasteiger partial charge in [-0.25, -0.2) is 9.18 Å². The quantitative estimate of drug-likeness (QED) is 0.452. The summed E-state index contributed by atoms with van der Waals surface area (Å²) in [5.74, 6) is 1.69. The molecule has 2 atom stereocenters. The number of amides is 2. The molecule has 0 radical (unpaired) electrons. The number of carbonyl (C=O) groups is 2. The van der Waals surface area contributed by atoms with Crippen molar-refractivity contribution < 1.29 is 18.7 Å². The molecule has 0 bridgehead atoms. The fourth-order valence-electron chi connectivity index (χ4n) is 7.19. The number of hydrogen-bond acceptors (Lipinski definition) is 5. The number of aromatic nitrogens is 2. The average Bonchev–Trinajstić information content (AvgIpc) is 3.57. The average molecular weight is 548 g/mol. The second kappa shape index (κ2) is 10.5. The summed E-state index contributed by atoms with van der Waals surface area (Å²) in [5.41, 5.74) is 8.38. The first kappa shape index (κ1) is 26.7. The SMILES string of the molecule is CC(C)N(C)C(=O)c1cc(F)ccc1-n1cc(C2CC3CN(C[C@H]4C[C@H](OC(N)=O)C4)CC3C2)c2ccncc21. The summed E-state index contributed by atoms with van der Waals surface area (Å²) in [6.45, 7) is 7.18. The van der Waals surface area contributed by atoms with E-state index in [2.05, 4.69) is 22.1 Å². The molecule has 0 spiro atoms. The molecular weight excluding hydrogens is 509 g/mol. The zero-order chi connectivity index (χ0) is 28.1. The van der Waals surface area contributed by atoms with Crippen LogP contribution in [0.4, 0.5) is 9.18 Å². The predicted octanol–water partition coefficient (Wildman–Crippen LogP) is 4.94. The monoisotopic (exact) mass is 547 g/mol. The number of ether oxygens (including phenoxy) is 1. The van der Waals surface area contributed by atoms with Gasteiger partial charge in [-0.3, -0.25) is 9.78 Å². The van der Waals surface area contributed by atoms with E-state index in [0.29, 0.717) is 34.9 Å². The number of nitrogens with two attached hydrogens (primary N) is 1. The Labute approximate surface area is 234 Å². The van der Waals surface area contributed by atoms with Crippen LogP contribution in [-0.4, -0.2) is 70.2 Å². The Bertz CT molecular complexity index is 1420. The van der Waals surface area contributed by atoms with E-state index < -0.39 is 11.9 Å². The molecule has 1 aliphatic heterocycles. The standard InChI is InChI=1S/C31H38FN5O3/c1-18(2)35(3)30(38)26-12-23(32)4-5-28(26)37-17-27(25-6-7-34-13-29(25)37)20-10-21-15-36(16-22(21)11-20)14-19-8-24(9-19)40-31(33)39/h4-7,12-13,17-22,24H,8-11,14-16H2,1-3H3,(H2,33,39)/t19-,20?,21?,22?,24-. The third-order valence-corrected chi connectivity index (χ3v) is 9.44. The largest absolute Gasteiger partial charge is 0.446 e.